The maximum atomic E-state index is 15.4. The Labute approximate surface area is 334 Å². The molecule has 298 valence electrons. The number of allylic oxidation sites excluding steroid dienone is 1. The minimum atomic E-state index is -1.38. The maximum Gasteiger partial charge on any atom is 0.313 e. The van der Waals surface area contributed by atoms with Crippen LogP contribution in [0.5, 0.6) is 0 Å². The number of nitrogens with one attached hydrogen (secondary N) is 1. The first-order valence-electron chi connectivity index (χ1n) is 19.4. The summed E-state index contributed by atoms with van der Waals surface area (Å²) in [5.41, 5.74) is -0.603. The van der Waals surface area contributed by atoms with Crippen LogP contribution in [0.15, 0.2) is 86.0 Å². The van der Waals surface area contributed by atoms with Gasteiger partial charge in [-0.3, -0.25) is 19.2 Å². The molecule has 0 aromatic heterocycles. The first-order valence-corrected chi connectivity index (χ1v) is 20.3. The van der Waals surface area contributed by atoms with Crippen molar-refractivity contribution < 1.29 is 33.8 Å². The highest BCUT2D eigenvalue weighted by Gasteiger charge is 2.78. The van der Waals surface area contributed by atoms with Crippen LogP contribution in [0, 0.1) is 17.3 Å². The first-order chi connectivity index (χ1) is 26.0. The molecule has 10 nitrogen and oxygen atoms in total. The van der Waals surface area contributed by atoms with Crippen LogP contribution in [0.3, 0.4) is 0 Å². The van der Waals surface area contributed by atoms with Gasteiger partial charge in [0.1, 0.15) is 17.7 Å². The number of carbonyl (C=O) groups excluding carboxylic acids is 4. The molecule has 9 atom stereocenters. The standard InChI is InChI=1S/C44H58BrN3O7/c1-9-11-22-33(50)46-28(3)36(30-20-16-13-17-21-30)54-41(53)34-35-39(51)48(31(26-49)24-29-18-14-12-15-19-29)38(44(35)25-32(45)37(34)55-44)40(52)47(23-10-2)43(7,8)27-42(4,5)6/h9-10,12-21,28,31-32,34-38,49H,1-2,11,22-27H2,3-8H3,(H,46,50)/t28-,31-,32?,34-,35+,36-,37-,38-,44+/m1/s1. The van der Waals surface area contributed by atoms with Crippen molar-refractivity contribution in [3.63, 3.8) is 0 Å². The molecule has 3 heterocycles. The molecule has 0 saturated carbocycles. The molecule has 5 rings (SSSR count). The van der Waals surface area contributed by atoms with Crippen molar-refractivity contribution in [2.24, 2.45) is 17.3 Å². The van der Waals surface area contributed by atoms with E-state index in [0.29, 0.717) is 24.8 Å². The van der Waals surface area contributed by atoms with E-state index in [4.69, 9.17) is 9.47 Å². The maximum absolute atomic E-state index is 15.4. The number of aliphatic hydroxyl groups excluding tert-OH is 1. The van der Waals surface area contributed by atoms with E-state index in [2.05, 4.69) is 55.2 Å². The molecule has 3 aliphatic heterocycles. The van der Waals surface area contributed by atoms with Crippen LogP contribution in [0.2, 0.25) is 0 Å². The number of fused-ring (bicyclic) bond motifs is 1. The summed E-state index contributed by atoms with van der Waals surface area (Å²) >= 11 is 3.79. The zero-order valence-corrected chi connectivity index (χ0v) is 34.7. The highest BCUT2D eigenvalue weighted by molar-refractivity contribution is 9.09. The molecule has 2 bridgehead atoms. The van der Waals surface area contributed by atoms with E-state index in [0.717, 1.165) is 5.56 Å². The van der Waals surface area contributed by atoms with Crippen LogP contribution in [0.25, 0.3) is 0 Å². The second-order valence-electron chi connectivity index (χ2n) is 17.2. The minimum Gasteiger partial charge on any atom is -0.455 e. The highest BCUT2D eigenvalue weighted by atomic mass is 79.9. The first kappa shape index (κ1) is 42.3. The third-order valence-electron chi connectivity index (χ3n) is 11.2. The summed E-state index contributed by atoms with van der Waals surface area (Å²) in [6.45, 7) is 19.7. The molecule has 3 amide bonds. The van der Waals surface area contributed by atoms with E-state index in [9.17, 15) is 14.7 Å². The molecular weight excluding hydrogens is 762 g/mol. The molecular formula is C44H58BrN3O7. The van der Waals surface area contributed by atoms with Gasteiger partial charge in [-0.1, -0.05) is 110 Å². The number of esters is 1. The van der Waals surface area contributed by atoms with Crippen LogP contribution in [0.1, 0.15) is 84.5 Å². The zero-order valence-electron chi connectivity index (χ0n) is 33.1. The average Bonchev–Trinajstić information content (AvgIpc) is 3.73. The summed E-state index contributed by atoms with van der Waals surface area (Å²) in [6.07, 6.45) is 3.71. The van der Waals surface area contributed by atoms with E-state index in [1.54, 1.807) is 24.0 Å². The van der Waals surface area contributed by atoms with E-state index < -0.39 is 71.8 Å². The Kier molecular flexibility index (Phi) is 13.2. The lowest BCUT2D eigenvalue weighted by atomic mass is 9.70. The van der Waals surface area contributed by atoms with Crippen molar-refractivity contribution in [2.45, 2.75) is 120 Å². The lowest BCUT2D eigenvalue weighted by Gasteiger charge is -2.46. The summed E-state index contributed by atoms with van der Waals surface area (Å²) in [6, 6.07) is 16.2. The number of benzene rings is 2. The number of ether oxygens (including phenoxy) is 2. The molecule has 0 aliphatic carbocycles. The van der Waals surface area contributed by atoms with Crippen LogP contribution in [0.4, 0.5) is 0 Å². The number of nitrogens with zero attached hydrogens (tertiary/aromatic N) is 2. The quantitative estimate of drug-likeness (QED) is 0.109. The molecule has 3 fully saturated rings. The van der Waals surface area contributed by atoms with Crippen LogP contribution in [-0.2, 0) is 35.1 Å². The molecule has 55 heavy (non-hydrogen) atoms. The van der Waals surface area contributed by atoms with Crippen molar-refractivity contribution in [2.75, 3.05) is 13.2 Å². The number of halogens is 1. The van der Waals surface area contributed by atoms with Crippen LogP contribution >= 0.6 is 15.9 Å². The Bertz CT molecular complexity index is 1710. The SMILES string of the molecule is C=CCCC(=O)N[C@H](C)[C@@H](OC(=O)[C@H]1[C@@H]2O[C@@]3(CC2Br)[C@@H]1C(=O)N([C@@H](CO)Cc1ccccc1)[C@@H]3C(=O)N(CC=C)C(C)(C)CC(C)(C)C)c1ccccc1. The van der Waals surface area contributed by atoms with Gasteiger partial charge in [0, 0.05) is 23.3 Å². The number of alkyl halides is 1. The van der Waals surface area contributed by atoms with E-state index in [1.165, 1.54) is 4.90 Å². The van der Waals surface area contributed by atoms with Crippen molar-refractivity contribution in [3.8, 4) is 0 Å². The van der Waals surface area contributed by atoms with Gasteiger partial charge in [0.15, 0.2) is 0 Å². The Balaban J connectivity index is 1.57. The van der Waals surface area contributed by atoms with Gasteiger partial charge in [-0.2, -0.15) is 0 Å². The zero-order chi connectivity index (χ0) is 40.3. The number of carbonyl (C=O) groups is 4. The van der Waals surface area contributed by atoms with Crippen molar-refractivity contribution in [3.05, 3.63) is 97.1 Å². The topological polar surface area (TPSA) is 125 Å². The molecule has 2 aromatic carbocycles. The average molecular weight is 821 g/mol. The summed E-state index contributed by atoms with van der Waals surface area (Å²) in [5.74, 6) is -3.71. The Morgan fingerprint density at radius 3 is 2.29 bits per heavy atom. The van der Waals surface area contributed by atoms with Gasteiger partial charge in [-0.05, 0) is 63.0 Å². The number of hydrogen-bond donors (Lipinski definition) is 2. The molecule has 11 heteroatoms. The van der Waals surface area contributed by atoms with Gasteiger partial charge in [-0.15, -0.1) is 13.2 Å². The normalized spacial score (nSPS) is 26.1. The summed E-state index contributed by atoms with van der Waals surface area (Å²) in [7, 11) is 0. The lowest BCUT2D eigenvalue weighted by molar-refractivity contribution is -0.163. The third-order valence-corrected chi connectivity index (χ3v) is 12.1. The summed E-state index contributed by atoms with van der Waals surface area (Å²) in [4.78, 5) is 61.0. The largest absolute Gasteiger partial charge is 0.455 e. The molecule has 1 unspecified atom stereocenters. The second kappa shape index (κ2) is 17.1. The number of likely N-dealkylation sites (tertiary alicyclic amines) is 1. The van der Waals surface area contributed by atoms with Gasteiger partial charge in [-0.25, -0.2) is 0 Å². The van der Waals surface area contributed by atoms with E-state index in [1.807, 2.05) is 74.5 Å². The van der Waals surface area contributed by atoms with Gasteiger partial charge in [0.2, 0.25) is 17.7 Å². The predicted octanol–water partition coefficient (Wildman–Crippen LogP) is 6.32. The van der Waals surface area contributed by atoms with Gasteiger partial charge < -0.3 is 29.7 Å². The highest BCUT2D eigenvalue weighted by Crippen LogP contribution is 2.61. The fourth-order valence-corrected chi connectivity index (χ4v) is 10.3. The minimum absolute atomic E-state index is 0.133. The third kappa shape index (κ3) is 8.79. The number of aliphatic hydroxyl groups is 1. The Morgan fingerprint density at radius 1 is 1.07 bits per heavy atom. The van der Waals surface area contributed by atoms with Crippen LogP contribution in [-0.4, -0.2) is 91.9 Å². The molecule has 2 aromatic rings. The molecule has 3 saturated heterocycles. The van der Waals surface area contributed by atoms with Gasteiger partial charge >= 0.3 is 5.97 Å². The number of hydrogen-bond acceptors (Lipinski definition) is 7. The van der Waals surface area contributed by atoms with Gasteiger partial charge in [0.25, 0.3) is 0 Å². The molecule has 0 radical (unpaired) electrons. The fourth-order valence-electron chi connectivity index (χ4n) is 9.39. The number of rotatable bonds is 17. The number of amides is 3. The smallest absolute Gasteiger partial charge is 0.313 e. The van der Waals surface area contributed by atoms with Crippen molar-refractivity contribution in [1.29, 1.82) is 0 Å². The van der Waals surface area contributed by atoms with Crippen LogP contribution < -0.4 is 5.32 Å². The van der Waals surface area contributed by atoms with Crippen molar-refractivity contribution in [1.82, 2.24) is 15.1 Å². The van der Waals surface area contributed by atoms with E-state index >= 15 is 9.59 Å². The van der Waals surface area contributed by atoms with E-state index in [-0.39, 0.29) is 41.4 Å². The Morgan fingerprint density at radius 2 is 1.71 bits per heavy atom. The molecule has 3 aliphatic rings. The lowest BCUT2D eigenvalue weighted by Crippen LogP contribution is -2.63. The van der Waals surface area contributed by atoms with Gasteiger partial charge in [0.05, 0.1) is 36.6 Å². The fraction of sp³-hybridized carbons (Fsp3) is 0.545. The molecule has 2 N–H and O–H groups in total. The van der Waals surface area contributed by atoms with Crippen molar-refractivity contribution >= 4 is 39.6 Å². The monoisotopic (exact) mass is 819 g/mol. The summed E-state index contributed by atoms with van der Waals surface area (Å²) < 4.78 is 13.2. The predicted molar refractivity (Wildman–Crippen MR) is 216 cm³/mol. The second-order valence-corrected chi connectivity index (χ2v) is 18.4. The molecule has 1 spiro atoms. The Hall–Kier alpha value is -3.80. The summed E-state index contributed by atoms with van der Waals surface area (Å²) in [5, 5.41) is 14.0.